The van der Waals surface area contributed by atoms with Gasteiger partial charge in [-0.25, -0.2) is 13.9 Å². The summed E-state index contributed by atoms with van der Waals surface area (Å²) in [6.45, 7) is 0.986. The van der Waals surface area contributed by atoms with Crippen LogP contribution < -0.4 is 10.0 Å². The number of aromatic nitrogens is 4. The zero-order valence-corrected chi connectivity index (χ0v) is 21.4. The Bertz CT molecular complexity index is 1420. The Morgan fingerprint density at radius 3 is 2.97 bits per heavy atom. The minimum atomic E-state index is -0.643. The van der Waals surface area contributed by atoms with Gasteiger partial charge in [0.25, 0.3) is 5.91 Å². The molecule has 2 fully saturated rings. The Labute approximate surface area is 219 Å². The Morgan fingerprint density at radius 1 is 1.28 bits per heavy atom. The average molecular weight is 545 g/mol. The molecule has 0 aromatic carbocycles. The number of nitrogens with zero attached hydrogens (tertiary/aromatic N) is 4. The van der Waals surface area contributed by atoms with Gasteiger partial charge in [0, 0.05) is 47.0 Å². The molecule has 2 atom stereocenters. The standard InChI is InChI=1S/C24H22ClFN6O2S2/c25-14-4-7-32-18(9-14)16(10-29-32)19-11-28-24(35-19)23(33)30-21(13-5-8-34-12-13)22-20(26)17(3-6-27-22)31-36-15-1-2-15/h3-4,6-7,9-11,13,15,21H,1-2,5,8,12H2,(H,27,31)(H,30,33)/t13-,21?/m1/s1. The number of hydrogen-bond donors (Lipinski definition) is 2. The van der Waals surface area contributed by atoms with Crippen molar-refractivity contribution in [3.05, 3.63) is 64.5 Å². The van der Waals surface area contributed by atoms with Crippen LogP contribution in [0.1, 0.15) is 40.8 Å². The van der Waals surface area contributed by atoms with E-state index >= 15 is 4.39 Å². The maximum Gasteiger partial charge on any atom is 0.280 e. The molecule has 0 spiro atoms. The number of ether oxygens (including phenoxy) is 1. The molecule has 0 radical (unpaired) electrons. The maximum absolute atomic E-state index is 15.5. The van der Waals surface area contributed by atoms with E-state index in [-0.39, 0.29) is 22.5 Å². The fourth-order valence-electron chi connectivity index (χ4n) is 4.16. The maximum atomic E-state index is 15.5. The van der Waals surface area contributed by atoms with E-state index in [0.717, 1.165) is 28.8 Å². The highest BCUT2D eigenvalue weighted by Crippen LogP contribution is 2.37. The fourth-order valence-corrected chi connectivity index (χ4v) is 5.99. The van der Waals surface area contributed by atoms with Crippen molar-refractivity contribution in [3.63, 3.8) is 0 Å². The summed E-state index contributed by atoms with van der Waals surface area (Å²) in [6.07, 6.45) is 9.67. The second kappa shape index (κ2) is 9.97. The van der Waals surface area contributed by atoms with E-state index in [1.165, 1.54) is 23.3 Å². The number of thiazole rings is 1. The Hall–Kier alpha value is -2.73. The van der Waals surface area contributed by atoms with Gasteiger partial charge in [0.15, 0.2) is 10.8 Å². The molecule has 6 rings (SSSR count). The van der Waals surface area contributed by atoms with Crippen molar-refractivity contribution in [1.29, 1.82) is 0 Å². The number of fused-ring (bicyclic) bond motifs is 1. The van der Waals surface area contributed by atoms with Crippen LogP contribution in [0.2, 0.25) is 5.02 Å². The van der Waals surface area contributed by atoms with Crippen molar-refractivity contribution < 1.29 is 13.9 Å². The second-order valence-electron chi connectivity index (χ2n) is 8.81. The first-order chi connectivity index (χ1) is 17.6. The van der Waals surface area contributed by atoms with Crippen LogP contribution in [0.4, 0.5) is 10.1 Å². The van der Waals surface area contributed by atoms with Crippen molar-refractivity contribution in [1.82, 2.24) is 24.9 Å². The number of anilines is 1. The summed E-state index contributed by atoms with van der Waals surface area (Å²) in [4.78, 5) is 22.7. The third-order valence-corrected chi connectivity index (χ3v) is 8.65. The molecule has 12 heteroatoms. The van der Waals surface area contributed by atoms with Crippen LogP contribution in [0, 0.1) is 11.7 Å². The van der Waals surface area contributed by atoms with Crippen LogP contribution in [0.25, 0.3) is 16.0 Å². The van der Waals surface area contributed by atoms with Crippen LogP contribution in [0.15, 0.2) is 43.0 Å². The summed E-state index contributed by atoms with van der Waals surface area (Å²) in [7, 11) is 0. The number of amides is 1. The third kappa shape index (κ3) is 4.80. The van der Waals surface area contributed by atoms with Gasteiger partial charge in [-0.15, -0.1) is 11.3 Å². The van der Waals surface area contributed by atoms with E-state index in [2.05, 4.69) is 25.1 Å². The zero-order valence-electron chi connectivity index (χ0n) is 19.0. The molecule has 36 heavy (non-hydrogen) atoms. The highest BCUT2D eigenvalue weighted by atomic mass is 35.5. The molecule has 1 aliphatic carbocycles. The predicted molar refractivity (Wildman–Crippen MR) is 139 cm³/mol. The minimum absolute atomic E-state index is 0.0940. The molecule has 4 aromatic heterocycles. The van der Waals surface area contributed by atoms with Crippen molar-refractivity contribution >= 4 is 52.0 Å². The monoisotopic (exact) mass is 544 g/mol. The van der Waals surface area contributed by atoms with Gasteiger partial charge >= 0.3 is 0 Å². The first-order valence-electron chi connectivity index (χ1n) is 11.6. The molecule has 5 heterocycles. The average Bonchev–Trinajstić information content (AvgIpc) is 3.26. The molecule has 1 aliphatic heterocycles. The molecule has 1 unspecified atom stereocenters. The number of carbonyl (C=O) groups is 1. The number of nitrogens with one attached hydrogen (secondary N) is 2. The zero-order chi connectivity index (χ0) is 24.6. The summed E-state index contributed by atoms with van der Waals surface area (Å²) in [5.74, 6) is -0.932. The smallest absolute Gasteiger partial charge is 0.280 e. The van der Waals surface area contributed by atoms with Crippen LogP contribution in [0.3, 0.4) is 0 Å². The van der Waals surface area contributed by atoms with Crippen LogP contribution in [0.5, 0.6) is 0 Å². The van der Waals surface area contributed by atoms with E-state index < -0.39 is 11.9 Å². The van der Waals surface area contributed by atoms with E-state index in [9.17, 15) is 4.79 Å². The molecule has 1 amide bonds. The number of halogens is 2. The number of rotatable bonds is 8. The molecular formula is C24H22ClFN6O2S2. The molecule has 0 bridgehead atoms. The van der Waals surface area contributed by atoms with Crippen LogP contribution in [-0.4, -0.2) is 44.0 Å². The SMILES string of the molecule is O=C(NC(c1nccc(NSC2CC2)c1F)[C@@H]1CCOC1)c1ncc(-c2cnn3ccc(Cl)cc23)s1. The van der Waals surface area contributed by atoms with Gasteiger partial charge in [0.2, 0.25) is 0 Å². The van der Waals surface area contributed by atoms with Crippen molar-refractivity contribution in [2.24, 2.45) is 5.92 Å². The first-order valence-corrected chi connectivity index (χ1v) is 13.7. The van der Waals surface area contributed by atoms with Crippen LogP contribution >= 0.6 is 34.9 Å². The van der Waals surface area contributed by atoms with Gasteiger partial charge < -0.3 is 14.8 Å². The van der Waals surface area contributed by atoms with Gasteiger partial charge in [-0.05, 0) is 49.4 Å². The molecule has 4 aromatic rings. The number of carbonyl (C=O) groups excluding carboxylic acids is 1. The first kappa shape index (κ1) is 23.7. The molecule has 2 aliphatic rings. The Morgan fingerprint density at radius 2 is 2.17 bits per heavy atom. The largest absolute Gasteiger partial charge is 0.381 e. The lowest BCUT2D eigenvalue weighted by atomic mass is 9.95. The lowest BCUT2D eigenvalue weighted by molar-refractivity contribution is 0.0912. The van der Waals surface area contributed by atoms with E-state index in [4.69, 9.17) is 16.3 Å². The number of pyridine rings is 2. The lowest BCUT2D eigenvalue weighted by Crippen LogP contribution is -2.35. The normalized spacial score (nSPS) is 18.4. The van der Waals surface area contributed by atoms with Gasteiger partial charge in [-0.2, -0.15) is 5.10 Å². The van der Waals surface area contributed by atoms with Crippen molar-refractivity contribution in [2.75, 3.05) is 17.9 Å². The van der Waals surface area contributed by atoms with E-state index in [0.29, 0.717) is 35.6 Å². The fraction of sp³-hybridized carbons (Fsp3) is 0.333. The van der Waals surface area contributed by atoms with Gasteiger partial charge in [0.05, 0.1) is 34.9 Å². The molecular weight excluding hydrogens is 523 g/mol. The van der Waals surface area contributed by atoms with Crippen molar-refractivity contribution in [3.8, 4) is 10.4 Å². The van der Waals surface area contributed by atoms with E-state index in [1.807, 2.05) is 6.07 Å². The van der Waals surface area contributed by atoms with Crippen molar-refractivity contribution in [2.45, 2.75) is 30.6 Å². The summed E-state index contributed by atoms with van der Waals surface area (Å²) >= 11 is 8.93. The third-order valence-electron chi connectivity index (χ3n) is 6.24. The van der Waals surface area contributed by atoms with Gasteiger partial charge in [-0.1, -0.05) is 11.6 Å². The minimum Gasteiger partial charge on any atom is -0.381 e. The molecule has 8 nitrogen and oxygen atoms in total. The van der Waals surface area contributed by atoms with E-state index in [1.54, 1.807) is 41.4 Å². The number of hydrogen-bond acceptors (Lipinski definition) is 8. The molecule has 2 N–H and O–H groups in total. The van der Waals surface area contributed by atoms with Gasteiger partial charge in [-0.3, -0.25) is 9.78 Å². The van der Waals surface area contributed by atoms with Crippen LogP contribution in [-0.2, 0) is 4.74 Å². The Balaban J connectivity index is 1.26. The second-order valence-corrected chi connectivity index (χ2v) is 11.4. The predicted octanol–water partition coefficient (Wildman–Crippen LogP) is 5.38. The van der Waals surface area contributed by atoms with Gasteiger partial charge in [0.1, 0.15) is 5.69 Å². The highest BCUT2D eigenvalue weighted by Gasteiger charge is 2.33. The Kier molecular flexibility index (Phi) is 6.55. The quantitative estimate of drug-likeness (QED) is 0.288. The highest BCUT2D eigenvalue weighted by molar-refractivity contribution is 8.01. The topological polar surface area (TPSA) is 93.4 Å². The molecule has 1 saturated heterocycles. The summed E-state index contributed by atoms with van der Waals surface area (Å²) in [6, 6.07) is 4.55. The molecule has 1 saturated carbocycles. The summed E-state index contributed by atoms with van der Waals surface area (Å²) in [5.41, 5.74) is 2.22. The summed E-state index contributed by atoms with van der Waals surface area (Å²) in [5, 5.41) is 8.72. The summed E-state index contributed by atoms with van der Waals surface area (Å²) < 4.78 is 25.9. The molecule has 186 valence electrons. The lowest BCUT2D eigenvalue weighted by Gasteiger charge is -2.24.